The van der Waals surface area contributed by atoms with Crippen molar-refractivity contribution >= 4 is 5.91 Å². The second-order valence-electron chi connectivity index (χ2n) is 5.57. The van der Waals surface area contributed by atoms with Crippen LogP contribution < -0.4 is 5.73 Å². The second-order valence-corrected chi connectivity index (χ2v) is 5.57. The summed E-state index contributed by atoms with van der Waals surface area (Å²) in [6, 6.07) is 3.89. The Morgan fingerprint density at radius 1 is 1.44 bits per heavy atom. The number of hydrogen-bond donors (Lipinski definition) is 1. The second kappa shape index (κ2) is 6.05. The van der Waals surface area contributed by atoms with Crippen LogP contribution in [0.4, 0.5) is 0 Å². The largest absolute Gasteiger partial charge is 0.466 e. The lowest BCUT2D eigenvalue weighted by molar-refractivity contribution is -0.130. The average Bonchev–Trinajstić information content (AvgIpc) is 2.67. The molecule has 1 aromatic heterocycles. The van der Waals surface area contributed by atoms with Crippen molar-refractivity contribution in [2.24, 2.45) is 5.73 Å². The van der Waals surface area contributed by atoms with E-state index in [1.807, 2.05) is 40.0 Å². The van der Waals surface area contributed by atoms with Crippen molar-refractivity contribution in [3.05, 3.63) is 23.7 Å². The quantitative estimate of drug-likeness (QED) is 0.843. The summed E-state index contributed by atoms with van der Waals surface area (Å²) in [6.07, 6.45) is 1.95. The number of likely N-dealkylation sites (N-methyl/N-ethyl adjacent to an activating group) is 1. The molecular weight excluding hydrogens is 228 g/mol. The Bertz CT molecular complexity index is 391. The van der Waals surface area contributed by atoms with Gasteiger partial charge in [0.25, 0.3) is 0 Å². The van der Waals surface area contributed by atoms with E-state index in [-0.39, 0.29) is 11.4 Å². The first-order valence-corrected chi connectivity index (χ1v) is 6.36. The molecule has 0 aliphatic heterocycles. The zero-order chi connectivity index (χ0) is 13.8. The number of nitrogens with zero attached hydrogens (tertiary/aromatic N) is 1. The molecule has 0 saturated carbocycles. The molecule has 0 radical (unpaired) electrons. The van der Waals surface area contributed by atoms with E-state index in [1.54, 1.807) is 4.90 Å². The van der Waals surface area contributed by atoms with Gasteiger partial charge in [0.15, 0.2) is 0 Å². The molecule has 102 valence electrons. The molecule has 1 aromatic rings. The van der Waals surface area contributed by atoms with Gasteiger partial charge in [-0.15, -0.1) is 0 Å². The maximum atomic E-state index is 11.9. The van der Waals surface area contributed by atoms with Gasteiger partial charge in [0, 0.05) is 32.0 Å². The molecule has 1 rings (SSSR count). The number of aryl methyl sites for hydroxylation is 1. The highest BCUT2D eigenvalue weighted by molar-refractivity contribution is 5.75. The summed E-state index contributed by atoms with van der Waals surface area (Å²) in [5.41, 5.74) is 5.58. The fourth-order valence-electron chi connectivity index (χ4n) is 1.64. The minimum Gasteiger partial charge on any atom is -0.466 e. The SMILES string of the molecule is Cc1ccc(CCN(C)C(=O)CCC(C)(C)N)o1. The Morgan fingerprint density at radius 3 is 2.61 bits per heavy atom. The maximum absolute atomic E-state index is 11.9. The first-order valence-electron chi connectivity index (χ1n) is 6.36. The van der Waals surface area contributed by atoms with Crippen LogP contribution in [0.5, 0.6) is 0 Å². The number of carbonyl (C=O) groups is 1. The molecule has 0 unspecified atom stereocenters. The minimum absolute atomic E-state index is 0.136. The first-order chi connectivity index (χ1) is 8.28. The number of carbonyl (C=O) groups excluding carboxylic acids is 1. The first kappa shape index (κ1) is 14.8. The van der Waals surface area contributed by atoms with E-state index in [2.05, 4.69) is 0 Å². The van der Waals surface area contributed by atoms with Crippen LogP contribution in [0.2, 0.25) is 0 Å². The van der Waals surface area contributed by atoms with Gasteiger partial charge in [0.1, 0.15) is 11.5 Å². The summed E-state index contributed by atoms with van der Waals surface area (Å²) in [4.78, 5) is 13.6. The van der Waals surface area contributed by atoms with Crippen LogP contribution >= 0.6 is 0 Å². The molecule has 1 amide bonds. The number of amides is 1. The van der Waals surface area contributed by atoms with Gasteiger partial charge in [0.2, 0.25) is 5.91 Å². The molecule has 0 atom stereocenters. The van der Waals surface area contributed by atoms with Gasteiger partial charge in [-0.05, 0) is 39.3 Å². The molecular formula is C14H24N2O2. The topological polar surface area (TPSA) is 59.5 Å². The summed E-state index contributed by atoms with van der Waals surface area (Å²) < 4.78 is 5.47. The molecule has 4 nitrogen and oxygen atoms in total. The van der Waals surface area contributed by atoms with Crippen LogP contribution in [0.25, 0.3) is 0 Å². The van der Waals surface area contributed by atoms with Crippen molar-refractivity contribution < 1.29 is 9.21 Å². The van der Waals surface area contributed by atoms with Crippen molar-refractivity contribution in [2.45, 2.75) is 45.6 Å². The lowest BCUT2D eigenvalue weighted by atomic mass is 10.00. The monoisotopic (exact) mass is 252 g/mol. The summed E-state index contributed by atoms with van der Waals surface area (Å²) in [7, 11) is 1.82. The third-order valence-electron chi connectivity index (χ3n) is 2.90. The normalized spacial score (nSPS) is 11.6. The van der Waals surface area contributed by atoms with Crippen LogP contribution in [0.1, 0.15) is 38.2 Å². The molecule has 0 bridgehead atoms. The Hall–Kier alpha value is -1.29. The van der Waals surface area contributed by atoms with Gasteiger partial charge in [-0.2, -0.15) is 0 Å². The molecule has 0 saturated heterocycles. The Labute approximate surface area is 109 Å². The highest BCUT2D eigenvalue weighted by atomic mass is 16.3. The van der Waals surface area contributed by atoms with Gasteiger partial charge in [-0.3, -0.25) is 4.79 Å². The van der Waals surface area contributed by atoms with E-state index in [9.17, 15) is 4.79 Å². The number of nitrogens with two attached hydrogens (primary N) is 1. The standard InChI is InChI=1S/C14H24N2O2/c1-11-5-6-12(18-11)8-10-16(4)13(17)7-9-14(2,3)15/h5-6H,7-10,15H2,1-4H3. The fraction of sp³-hybridized carbons (Fsp3) is 0.643. The van der Waals surface area contributed by atoms with Crippen molar-refractivity contribution in [3.8, 4) is 0 Å². The third-order valence-corrected chi connectivity index (χ3v) is 2.90. The smallest absolute Gasteiger partial charge is 0.222 e. The van der Waals surface area contributed by atoms with Crippen LogP contribution in [-0.2, 0) is 11.2 Å². The van der Waals surface area contributed by atoms with Crippen LogP contribution in [-0.4, -0.2) is 29.9 Å². The number of rotatable bonds is 6. The van der Waals surface area contributed by atoms with Crippen LogP contribution in [0, 0.1) is 6.92 Å². The van der Waals surface area contributed by atoms with E-state index in [4.69, 9.17) is 10.2 Å². The summed E-state index contributed by atoms with van der Waals surface area (Å²) in [5.74, 6) is 1.96. The molecule has 18 heavy (non-hydrogen) atoms. The van der Waals surface area contributed by atoms with E-state index in [1.165, 1.54) is 0 Å². The Morgan fingerprint density at radius 2 is 2.11 bits per heavy atom. The van der Waals surface area contributed by atoms with E-state index in [0.29, 0.717) is 19.4 Å². The van der Waals surface area contributed by atoms with Crippen LogP contribution in [0.3, 0.4) is 0 Å². The predicted molar refractivity (Wildman–Crippen MR) is 72.3 cm³/mol. The van der Waals surface area contributed by atoms with Gasteiger partial charge in [0.05, 0.1) is 0 Å². The van der Waals surface area contributed by atoms with E-state index in [0.717, 1.165) is 17.9 Å². The fourth-order valence-corrected chi connectivity index (χ4v) is 1.64. The highest BCUT2D eigenvalue weighted by Crippen LogP contribution is 2.10. The Balaban J connectivity index is 2.32. The van der Waals surface area contributed by atoms with E-state index >= 15 is 0 Å². The zero-order valence-electron chi connectivity index (χ0n) is 11.8. The lowest BCUT2D eigenvalue weighted by Gasteiger charge is -2.21. The average molecular weight is 252 g/mol. The molecule has 0 spiro atoms. The highest BCUT2D eigenvalue weighted by Gasteiger charge is 2.15. The molecule has 4 heteroatoms. The van der Waals surface area contributed by atoms with Crippen molar-refractivity contribution in [1.82, 2.24) is 4.90 Å². The molecule has 2 N–H and O–H groups in total. The van der Waals surface area contributed by atoms with Crippen molar-refractivity contribution in [2.75, 3.05) is 13.6 Å². The van der Waals surface area contributed by atoms with Crippen molar-refractivity contribution in [1.29, 1.82) is 0 Å². The molecule has 0 aromatic carbocycles. The zero-order valence-corrected chi connectivity index (χ0v) is 11.8. The van der Waals surface area contributed by atoms with Gasteiger partial charge in [-0.1, -0.05) is 0 Å². The molecule has 1 heterocycles. The number of furan rings is 1. The van der Waals surface area contributed by atoms with Crippen molar-refractivity contribution in [3.63, 3.8) is 0 Å². The predicted octanol–water partition coefficient (Wildman–Crippen LogP) is 2.11. The van der Waals surface area contributed by atoms with Gasteiger partial charge < -0.3 is 15.1 Å². The molecule has 0 aliphatic carbocycles. The third kappa shape index (κ3) is 5.36. The Kier molecular flexibility index (Phi) is 4.96. The van der Waals surface area contributed by atoms with Gasteiger partial charge >= 0.3 is 0 Å². The minimum atomic E-state index is -0.283. The van der Waals surface area contributed by atoms with E-state index < -0.39 is 0 Å². The lowest BCUT2D eigenvalue weighted by Crippen LogP contribution is -2.35. The maximum Gasteiger partial charge on any atom is 0.222 e. The van der Waals surface area contributed by atoms with Crippen LogP contribution in [0.15, 0.2) is 16.5 Å². The molecule has 0 aliphatic rings. The number of hydrogen-bond acceptors (Lipinski definition) is 3. The molecule has 0 fully saturated rings. The summed E-state index contributed by atoms with van der Waals surface area (Å²) in [6.45, 7) is 6.47. The summed E-state index contributed by atoms with van der Waals surface area (Å²) >= 11 is 0. The summed E-state index contributed by atoms with van der Waals surface area (Å²) in [5, 5.41) is 0. The van der Waals surface area contributed by atoms with Gasteiger partial charge in [-0.25, -0.2) is 0 Å².